The molecule has 0 unspecified atom stereocenters. The number of aliphatic hydroxyl groups is 1. The van der Waals surface area contributed by atoms with Crippen LogP contribution in [-0.2, 0) is 4.43 Å². The third-order valence-electron chi connectivity index (χ3n) is 11.5. The van der Waals surface area contributed by atoms with E-state index < -0.39 is 13.9 Å². The van der Waals surface area contributed by atoms with Crippen LogP contribution in [0.4, 0.5) is 0 Å². The third-order valence-corrected chi connectivity index (χ3v) is 16.6. The summed E-state index contributed by atoms with van der Waals surface area (Å²) in [5.41, 5.74) is 1.15. The summed E-state index contributed by atoms with van der Waals surface area (Å²) >= 11 is 0. The molecule has 1 saturated carbocycles. The predicted octanol–water partition coefficient (Wildman–Crippen LogP) is 6.58. The van der Waals surface area contributed by atoms with Crippen LogP contribution < -0.4 is 21.2 Å². The number of carbonyl (C=O) groups is 1. The Balaban J connectivity index is 1.04. The number of aromatic nitrogens is 1. The Morgan fingerprint density at radius 1 is 0.922 bits per heavy atom. The van der Waals surface area contributed by atoms with Gasteiger partial charge in [0, 0.05) is 30.6 Å². The number of likely N-dealkylation sites (tertiary alicyclic amines) is 1. The monoisotopic (exact) mass is 707 g/mol. The van der Waals surface area contributed by atoms with Gasteiger partial charge in [0.1, 0.15) is 5.56 Å². The molecule has 4 aromatic rings. The molecule has 2 heterocycles. The topological polar surface area (TPSA) is 83.8 Å². The number of aryl methyl sites for hydroxylation is 1. The Kier molecular flexibility index (Phi) is 11.1. The van der Waals surface area contributed by atoms with Crippen molar-refractivity contribution in [1.29, 1.82) is 0 Å². The van der Waals surface area contributed by atoms with Crippen molar-refractivity contribution in [3.63, 3.8) is 0 Å². The maximum absolute atomic E-state index is 13.4. The lowest BCUT2D eigenvalue weighted by Gasteiger charge is -2.48. The van der Waals surface area contributed by atoms with Crippen molar-refractivity contribution in [1.82, 2.24) is 14.8 Å². The van der Waals surface area contributed by atoms with Crippen molar-refractivity contribution in [2.75, 3.05) is 26.2 Å². The highest BCUT2D eigenvalue weighted by Gasteiger charge is 2.52. The van der Waals surface area contributed by atoms with Gasteiger partial charge in [0.2, 0.25) is 0 Å². The lowest BCUT2D eigenvalue weighted by atomic mass is 9.82. The van der Waals surface area contributed by atoms with E-state index in [2.05, 4.69) is 91.7 Å². The molecule has 1 aromatic heterocycles. The van der Waals surface area contributed by atoms with Crippen LogP contribution in [0.1, 0.15) is 95.1 Å². The van der Waals surface area contributed by atoms with Crippen LogP contribution >= 0.6 is 0 Å². The van der Waals surface area contributed by atoms with Crippen LogP contribution in [0.15, 0.2) is 89.7 Å². The van der Waals surface area contributed by atoms with E-state index in [1.807, 2.05) is 39.0 Å². The average Bonchev–Trinajstić information content (AvgIpc) is 3.11. The molecule has 6 rings (SSSR count). The maximum atomic E-state index is 13.4. The first kappa shape index (κ1) is 37.2. The van der Waals surface area contributed by atoms with Gasteiger partial charge in [-0.3, -0.25) is 9.59 Å². The van der Waals surface area contributed by atoms with E-state index in [0.717, 1.165) is 68.1 Å². The number of amides is 1. The molecular formula is C43H57N3O4Si. The van der Waals surface area contributed by atoms with E-state index in [9.17, 15) is 14.7 Å². The van der Waals surface area contributed by atoms with Crippen LogP contribution in [-0.4, -0.2) is 66.7 Å². The fourth-order valence-electron chi connectivity index (χ4n) is 8.63. The molecule has 1 aliphatic carbocycles. The normalized spacial score (nSPS) is 20.9. The second kappa shape index (κ2) is 15.2. The quantitative estimate of drug-likeness (QED) is 0.182. The second-order valence-electron chi connectivity index (χ2n) is 16.5. The van der Waals surface area contributed by atoms with Gasteiger partial charge < -0.3 is 24.3 Å². The van der Waals surface area contributed by atoms with Crippen LogP contribution in [0.25, 0.3) is 10.9 Å². The fourth-order valence-corrected chi connectivity index (χ4v) is 13.4. The van der Waals surface area contributed by atoms with Crippen LogP contribution in [0, 0.1) is 12.8 Å². The van der Waals surface area contributed by atoms with Crippen LogP contribution in [0.5, 0.6) is 0 Å². The minimum atomic E-state index is -2.64. The van der Waals surface area contributed by atoms with E-state index in [-0.39, 0.29) is 34.2 Å². The van der Waals surface area contributed by atoms with Crippen LogP contribution in [0.3, 0.4) is 0 Å². The summed E-state index contributed by atoms with van der Waals surface area (Å²) in [7, 11) is -2.64. The minimum Gasteiger partial charge on any atom is -0.404 e. The smallest absolute Gasteiger partial charge is 0.264 e. The van der Waals surface area contributed by atoms with Gasteiger partial charge in [-0.05, 0) is 111 Å². The number of nitrogens with one attached hydrogen (secondary N) is 1. The zero-order valence-electron chi connectivity index (χ0n) is 31.5. The number of piperidine rings is 1. The van der Waals surface area contributed by atoms with Gasteiger partial charge in [-0.15, -0.1) is 0 Å². The Labute approximate surface area is 305 Å². The lowest BCUT2D eigenvalue weighted by molar-refractivity contribution is -0.0544. The molecule has 2 aliphatic rings. The number of carbonyl (C=O) groups excluding carboxylic acids is 1. The molecule has 3 aromatic carbocycles. The summed E-state index contributed by atoms with van der Waals surface area (Å²) in [5, 5.41) is 18.4. The summed E-state index contributed by atoms with van der Waals surface area (Å²) in [6.07, 6.45) is 5.14. The Hall–Kier alpha value is -3.56. The summed E-state index contributed by atoms with van der Waals surface area (Å²) in [4.78, 5) is 29.2. The van der Waals surface area contributed by atoms with Crippen molar-refractivity contribution in [3.8, 4) is 0 Å². The van der Waals surface area contributed by atoms with Crippen molar-refractivity contribution in [3.05, 3.63) is 106 Å². The Morgan fingerprint density at radius 2 is 1.51 bits per heavy atom. The number of benzene rings is 3. The zero-order valence-corrected chi connectivity index (χ0v) is 32.5. The molecule has 0 spiro atoms. The van der Waals surface area contributed by atoms with E-state index >= 15 is 0 Å². The van der Waals surface area contributed by atoms with Gasteiger partial charge in [0.15, 0.2) is 0 Å². The van der Waals surface area contributed by atoms with E-state index in [4.69, 9.17) is 4.43 Å². The average molecular weight is 708 g/mol. The van der Waals surface area contributed by atoms with Gasteiger partial charge in [-0.25, -0.2) is 0 Å². The minimum absolute atomic E-state index is 0.0567. The maximum Gasteiger partial charge on any atom is 0.264 e. The molecule has 1 aliphatic heterocycles. The molecule has 8 heteroatoms. The zero-order chi connectivity index (χ0) is 36.4. The van der Waals surface area contributed by atoms with E-state index in [1.54, 1.807) is 10.6 Å². The van der Waals surface area contributed by atoms with Crippen molar-refractivity contribution in [2.45, 2.75) is 103 Å². The Bertz CT molecular complexity index is 1810. The van der Waals surface area contributed by atoms with Crippen LogP contribution in [0.2, 0.25) is 5.04 Å². The summed E-state index contributed by atoms with van der Waals surface area (Å²) in [5.74, 6) is 0.0401. The fraction of sp³-hybridized carbons (Fsp3) is 0.488. The number of nitrogens with zero attached hydrogens (tertiary/aromatic N) is 2. The Morgan fingerprint density at radius 3 is 2.06 bits per heavy atom. The standard InChI is InChI=1S/C43H57N3O4Si/c1-31(2)46-39-19-13-14-32(3)37(39)28-38(41(46)48)40(47)44-29-33-22-26-45(27-23-33)30-43(49)24-20-34(21-25-43)50-51(42(4,5)6,35-15-9-7-10-16-35)36-17-11-8-12-18-36/h7-19,28,31,33-34,49H,20-27,29-30H2,1-6H3,(H,44,47)/t34-,43-. The summed E-state index contributed by atoms with van der Waals surface area (Å²) < 4.78 is 9.13. The number of rotatable bonds is 10. The number of fused-ring (bicyclic) bond motifs is 1. The molecule has 7 nitrogen and oxygen atoms in total. The van der Waals surface area contributed by atoms with Gasteiger partial charge in [-0.1, -0.05) is 93.6 Å². The van der Waals surface area contributed by atoms with Gasteiger partial charge in [0.05, 0.1) is 11.1 Å². The molecule has 51 heavy (non-hydrogen) atoms. The molecule has 0 radical (unpaired) electrons. The highest BCUT2D eigenvalue weighted by atomic mass is 28.4. The van der Waals surface area contributed by atoms with Gasteiger partial charge >= 0.3 is 0 Å². The molecule has 0 atom stereocenters. The second-order valence-corrected chi connectivity index (χ2v) is 20.7. The third kappa shape index (κ3) is 7.80. The lowest BCUT2D eigenvalue weighted by Crippen LogP contribution is -2.68. The van der Waals surface area contributed by atoms with E-state index in [0.29, 0.717) is 19.0 Å². The highest BCUT2D eigenvalue weighted by molar-refractivity contribution is 6.99. The van der Waals surface area contributed by atoms with Gasteiger partial charge in [-0.2, -0.15) is 0 Å². The van der Waals surface area contributed by atoms with Crippen molar-refractivity contribution >= 4 is 35.5 Å². The first-order valence-electron chi connectivity index (χ1n) is 19.0. The number of β-amino-alcohol motifs (C(OH)–C–C–N with tert-alkyl or cyclic N) is 1. The molecule has 2 N–H and O–H groups in total. The highest BCUT2D eigenvalue weighted by Crippen LogP contribution is 2.41. The SMILES string of the molecule is Cc1cccc2c1cc(C(=O)NCC1CCN(C[C@]3(O)CC[C@H](O[Si](c4ccccc4)(c4ccccc4)C(C)(C)C)CC3)CC1)c(=O)n2C(C)C. The number of hydrogen-bond donors (Lipinski definition) is 2. The van der Waals surface area contributed by atoms with Gasteiger partial charge in [0.25, 0.3) is 19.8 Å². The van der Waals surface area contributed by atoms with E-state index in [1.165, 1.54) is 10.4 Å². The first-order valence-corrected chi connectivity index (χ1v) is 20.9. The molecule has 1 saturated heterocycles. The molecule has 1 amide bonds. The molecule has 272 valence electrons. The summed E-state index contributed by atoms with van der Waals surface area (Å²) in [6.45, 7) is 15.9. The molecule has 0 bridgehead atoms. The number of pyridine rings is 1. The molecular weight excluding hydrogens is 651 g/mol. The van der Waals surface area contributed by atoms with Crippen molar-refractivity contribution < 1.29 is 14.3 Å². The first-order chi connectivity index (χ1) is 24.3. The van der Waals surface area contributed by atoms with Crippen molar-refractivity contribution in [2.24, 2.45) is 5.92 Å². The predicted molar refractivity (Wildman–Crippen MR) is 211 cm³/mol. The number of hydrogen-bond acceptors (Lipinski definition) is 5. The largest absolute Gasteiger partial charge is 0.404 e. The summed E-state index contributed by atoms with van der Waals surface area (Å²) in [6, 6.07) is 29.3. The molecule has 2 fully saturated rings.